The van der Waals surface area contributed by atoms with Gasteiger partial charge in [-0.05, 0) is 11.4 Å². The van der Waals surface area contributed by atoms with Crippen molar-refractivity contribution in [2.24, 2.45) is 0 Å². The van der Waals surface area contributed by atoms with E-state index in [1.165, 1.54) is 4.88 Å². The van der Waals surface area contributed by atoms with E-state index >= 15 is 0 Å². The molecule has 0 unspecified atom stereocenters. The first-order valence-electron chi connectivity index (χ1n) is 7.17. The molecule has 3 N–H and O–H groups in total. The van der Waals surface area contributed by atoms with E-state index in [0.29, 0.717) is 18.8 Å². The van der Waals surface area contributed by atoms with Gasteiger partial charge in [0.15, 0.2) is 5.69 Å². The van der Waals surface area contributed by atoms with Crippen LogP contribution in [0.1, 0.15) is 40.5 Å². The third kappa shape index (κ3) is 3.34. The molecule has 120 valence electrons. The molecule has 1 aliphatic heterocycles. The number of fused-ring (bicyclic) bond motifs is 1. The first-order valence-corrected chi connectivity index (χ1v) is 8.05. The number of thiophene rings is 1. The zero-order valence-electron chi connectivity index (χ0n) is 12.7. The molecule has 0 saturated carbocycles. The average molecular weight is 341 g/mol. The summed E-state index contributed by atoms with van der Waals surface area (Å²) in [5.41, 5.74) is 2.54. The number of H-pyrrole nitrogens is 1. The molecule has 0 spiro atoms. The predicted octanol–water partition coefficient (Wildman–Crippen LogP) is 2.25. The fourth-order valence-corrected chi connectivity index (χ4v) is 3.40. The van der Waals surface area contributed by atoms with Crippen molar-refractivity contribution in [1.29, 1.82) is 0 Å². The molecule has 3 heterocycles. The van der Waals surface area contributed by atoms with Gasteiger partial charge in [-0.15, -0.1) is 23.7 Å². The van der Waals surface area contributed by atoms with Crippen molar-refractivity contribution in [2.75, 3.05) is 13.1 Å². The zero-order chi connectivity index (χ0) is 14.9. The summed E-state index contributed by atoms with van der Waals surface area (Å²) in [5, 5.41) is 15.5. The molecule has 0 aliphatic carbocycles. The highest BCUT2D eigenvalue weighted by Gasteiger charge is 2.25. The minimum atomic E-state index is -0.0965. The van der Waals surface area contributed by atoms with Crippen molar-refractivity contribution in [1.82, 2.24) is 20.8 Å². The number of amides is 1. The summed E-state index contributed by atoms with van der Waals surface area (Å²) in [6, 6.07) is 4.15. The van der Waals surface area contributed by atoms with Crippen LogP contribution in [0.25, 0.3) is 0 Å². The molecule has 5 nitrogen and oxygen atoms in total. The molecule has 0 bridgehead atoms. The lowest BCUT2D eigenvalue weighted by Gasteiger charge is -2.23. The summed E-state index contributed by atoms with van der Waals surface area (Å²) >= 11 is 1.72. The van der Waals surface area contributed by atoms with Gasteiger partial charge in [0.2, 0.25) is 0 Å². The van der Waals surface area contributed by atoms with Gasteiger partial charge < -0.3 is 10.6 Å². The van der Waals surface area contributed by atoms with E-state index < -0.39 is 0 Å². The van der Waals surface area contributed by atoms with Crippen LogP contribution in [-0.2, 0) is 18.4 Å². The molecule has 22 heavy (non-hydrogen) atoms. The van der Waals surface area contributed by atoms with E-state index in [2.05, 4.69) is 46.1 Å². The number of hydrogen-bond donors (Lipinski definition) is 3. The first kappa shape index (κ1) is 17.0. The van der Waals surface area contributed by atoms with Crippen molar-refractivity contribution >= 4 is 29.7 Å². The lowest BCUT2D eigenvalue weighted by atomic mass is 9.91. The molecule has 0 radical (unpaired) electrons. The van der Waals surface area contributed by atoms with E-state index in [9.17, 15) is 4.79 Å². The van der Waals surface area contributed by atoms with Crippen LogP contribution in [0.4, 0.5) is 0 Å². The van der Waals surface area contributed by atoms with Crippen LogP contribution in [0.5, 0.6) is 0 Å². The van der Waals surface area contributed by atoms with E-state index in [1.807, 2.05) is 6.07 Å². The molecule has 0 saturated heterocycles. The van der Waals surface area contributed by atoms with Gasteiger partial charge in [-0.25, -0.2) is 0 Å². The van der Waals surface area contributed by atoms with Gasteiger partial charge in [0.25, 0.3) is 5.91 Å². The van der Waals surface area contributed by atoms with Gasteiger partial charge in [0.05, 0.1) is 0 Å². The molecule has 7 heteroatoms. The maximum absolute atomic E-state index is 12.4. The number of hydrogen-bond acceptors (Lipinski definition) is 4. The van der Waals surface area contributed by atoms with Crippen LogP contribution in [0.3, 0.4) is 0 Å². The monoisotopic (exact) mass is 340 g/mol. The highest BCUT2D eigenvalue weighted by molar-refractivity contribution is 7.10. The number of nitrogens with one attached hydrogen (secondary N) is 3. The lowest BCUT2D eigenvalue weighted by molar-refractivity contribution is 0.0939. The molecule has 0 aromatic carbocycles. The van der Waals surface area contributed by atoms with Crippen LogP contribution in [0, 0.1) is 0 Å². The molecule has 1 aliphatic rings. The standard InChI is InChI=1S/C15H20N4OS.ClH/c1-15(2,12-4-3-7-21-12)9-17-14(20)13-10-8-16-6-5-11(10)18-19-13;/h3-4,7,16H,5-6,8-9H2,1-2H3,(H,17,20)(H,18,19);1H. The number of carbonyl (C=O) groups excluding carboxylic acids is 1. The summed E-state index contributed by atoms with van der Waals surface area (Å²) in [5.74, 6) is -0.0965. The number of rotatable bonds is 4. The third-order valence-corrected chi connectivity index (χ3v) is 5.14. The number of aromatic amines is 1. The summed E-state index contributed by atoms with van der Waals surface area (Å²) in [7, 11) is 0. The SMILES string of the molecule is CC(C)(CNC(=O)c1n[nH]c2c1CNCC2)c1cccs1.Cl. The summed E-state index contributed by atoms with van der Waals surface area (Å²) in [6.45, 7) is 6.52. The fourth-order valence-electron chi connectivity index (χ4n) is 2.55. The Kier molecular flexibility index (Phi) is 5.26. The minimum absolute atomic E-state index is 0. The summed E-state index contributed by atoms with van der Waals surface area (Å²) in [6.07, 6.45) is 0.899. The highest BCUT2D eigenvalue weighted by atomic mass is 35.5. The Morgan fingerprint density at radius 1 is 1.50 bits per heavy atom. The third-order valence-electron chi connectivity index (χ3n) is 3.90. The molecule has 1 amide bonds. The highest BCUT2D eigenvalue weighted by Crippen LogP contribution is 2.26. The number of carbonyl (C=O) groups is 1. The molecule has 3 rings (SSSR count). The molecular formula is C15H21ClN4OS. The van der Waals surface area contributed by atoms with Crippen molar-refractivity contribution in [3.8, 4) is 0 Å². The molecule has 0 fully saturated rings. The Bertz CT molecular complexity index is 636. The van der Waals surface area contributed by atoms with Gasteiger partial charge in [-0.1, -0.05) is 19.9 Å². The maximum Gasteiger partial charge on any atom is 0.272 e. The van der Waals surface area contributed by atoms with Gasteiger partial charge in [-0.2, -0.15) is 5.10 Å². The topological polar surface area (TPSA) is 69.8 Å². The van der Waals surface area contributed by atoms with Crippen LogP contribution in [-0.4, -0.2) is 29.2 Å². The number of aromatic nitrogens is 2. The van der Waals surface area contributed by atoms with Gasteiger partial charge >= 0.3 is 0 Å². The number of halogens is 1. The van der Waals surface area contributed by atoms with E-state index in [-0.39, 0.29) is 23.7 Å². The quantitative estimate of drug-likeness (QED) is 0.799. The van der Waals surface area contributed by atoms with Crippen molar-refractivity contribution < 1.29 is 4.79 Å². The lowest BCUT2D eigenvalue weighted by Crippen LogP contribution is -2.37. The Morgan fingerprint density at radius 2 is 2.32 bits per heavy atom. The van der Waals surface area contributed by atoms with E-state index in [0.717, 1.165) is 24.2 Å². The van der Waals surface area contributed by atoms with Crippen LogP contribution < -0.4 is 10.6 Å². The number of nitrogens with zero attached hydrogens (tertiary/aromatic N) is 1. The largest absolute Gasteiger partial charge is 0.350 e. The van der Waals surface area contributed by atoms with Crippen molar-refractivity contribution in [3.63, 3.8) is 0 Å². The second-order valence-corrected chi connectivity index (χ2v) is 6.95. The van der Waals surface area contributed by atoms with E-state index in [4.69, 9.17) is 0 Å². The van der Waals surface area contributed by atoms with Crippen LogP contribution in [0.15, 0.2) is 17.5 Å². The van der Waals surface area contributed by atoms with E-state index in [1.54, 1.807) is 11.3 Å². The zero-order valence-corrected chi connectivity index (χ0v) is 14.4. The predicted molar refractivity (Wildman–Crippen MR) is 90.9 cm³/mol. The summed E-state index contributed by atoms with van der Waals surface area (Å²) in [4.78, 5) is 13.6. The van der Waals surface area contributed by atoms with Crippen molar-refractivity contribution in [3.05, 3.63) is 39.3 Å². The van der Waals surface area contributed by atoms with Crippen LogP contribution in [0.2, 0.25) is 0 Å². The summed E-state index contributed by atoms with van der Waals surface area (Å²) < 4.78 is 0. The Labute approximate surface area is 140 Å². The molecular weight excluding hydrogens is 320 g/mol. The van der Waals surface area contributed by atoms with Crippen molar-refractivity contribution in [2.45, 2.75) is 32.2 Å². The Hall–Kier alpha value is -1.37. The second kappa shape index (κ2) is 6.81. The smallest absolute Gasteiger partial charge is 0.272 e. The fraction of sp³-hybridized carbons (Fsp3) is 0.467. The van der Waals surface area contributed by atoms with Gasteiger partial charge in [0.1, 0.15) is 0 Å². The minimum Gasteiger partial charge on any atom is -0.350 e. The first-order chi connectivity index (χ1) is 10.1. The second-order valence-electron chi connectivity index (χ2n) is 6.00. The Morgan fingerprint density at radius 3 is 3.05 bits per heavy atom. The Balaban J connectivity index is 0.00000176. The van der Waals surface area contributed by atoms with Gasteiger partial charge in [-0.3, -0.25) is 9.89 Å². The average Bonchev–Trinajstić information content (AvgIpc) is 3.14. The van der Waals surface area contributed by atoms with Gasteiger partial charge in [0, 0.05) is 47.6 Å². The van der Waals surface area contributed by atoms with Crippen LogP contribution >= 0.6 is 23.7 Å². The maximum atomic E-state index is 12.4. The molecule has 2 aromatic heterocycles. The normalized spacial score (nSPS) is 14.1. The molecule has 2 aromatic rings. The molecule has 0 atom stereocenters.